The zero-order chi connectivity index (χ0) is 34.9. The number of H-pyrrole nitrogens is 1. The quantitative estimate of drug-likeness (QED) is 0.133. The number of imidazole rings is 1. The van der Waals surface area contributed by atoms with Crippen LogP contribution < -0.4 is 10.1 Å². The molecule has 0 aliphatic carbocycles. The van der Waals surface area contributed by atoms with Gasteiger partial charge in [0.15, 0.2) is 11.6 Å². The van der Waals surface area contributed by atoms with Gasteiger partial charge in [0.2, 0.25) is 0 Å². The van der Waals surface area contributed by atoms with Crippen LogP contribution in [0.4, 0.5) is 17.6 Å². The molecule has 2 N–H and O–H groups in total. The average Bonchev–Trinajstić information content (AvgIpc) is 3.68. The number of ether oxygens (including phenoxy) is 1. The highest BCUT2D eigenvalue weighted by atomic mass is 35.5. The van der Waals surface area contributed by atoms with Crippen LogP contribution in [-0.4, -0.2) is 44.9 Å². The largest absolute Gasteiger partial charge is 0.482 e. The summed E-state index contributed by atoms with van der Waals surface area (Å²) < 4.78 is 62.1. The number of fused-ring (bicyclic) bond motifs is 2. The minimum Gasteiger partial charge on any atom is -0.482 e. The molecule has 1 amide bonds. The van der Waals surface area contributed by atoms with Crippen LogP contribution in [0.3, 0.4) is 0 Å². The molecule has 12 heteroatoms. The Morgan fingerprint density at radius 3 is 2.61 bits per heavy atom. The molecular weight excluding hydrogens is 658 g/mol. The van der Waals surface area contributed by atoms with Gasteiger partial charge in [0, 0.05) is 48.3 Å². The molecule has 0 aliphatic rings. The number of nitrogens with one attached hydrogen (secondary N) is 2. The second kappa shape index (κ2) is 13.9. The van der Waals surface area contributed by atoms with Gasteiger partial charge in [-0.25, -0.2) is 9.37 Å². The molecule has 3 heterocycles. The number of carbonyl (C=O) groups is 1. The minimum atomic E-state index is -4.62. The molecule has 1 atom stereocenters. The van der Waals surface area contributed by atoms with Crippen molar-refractivity contribution in [3.8, 4) is 17.1 Å². The smallest absolute Gasteiger partial charge is 0.417 e. The standard InChI is InChI=1S/C37H34ClF4N5O2/c1-22-17-25(12-14-30(22)39)35-34(45-32-9-6-10-33(49-3)47(32)35)36(48)46(21-24-11-13-28(29(38)18-24)37(40,41)42)16-15-23(2)43-19-26-20-44-31-8-5-4-7-27(26)31/h4-14,17-18,20,23,43-44H,15-16,19,21H2,1-3H3. The molecule has 0 saturated heterocycles. The molecule has 0 bridgehead atoms. The number of hydrogen-bond acceptors (Lipinski definition) is 4. The van der Waals surface area contributed by atoms with E-state index >= 15 is 0 Å². The SMILES string of the molecule is COc1cccc2nc(C(=O)N(CCC(C)NCc3c[nH]c4ccccc34)Cc3ccc(C(F)(F)F)c(Cl)c3)c(-c3ccc(F)c(C)c3)n12. The van der Waals surface area contributed by atoms with Crippen LogP contribution >= 0.6 is 11.6 Å². The highest BCUT2D eigenvalue weighted by Gasteiger charge is 2.33. The Morgan fingerprint density at radius 1 is 1.08 bits per heavy atom. The molecule has 254 valence electrons. The van der Waals surface area contributed by atoms with Gasteiger partial charge in [-0.15, -0.1) is 0 Å². The number of nitrogens with zero attached hydrogens (tertiary/aromatic N) is 3. The zero-order valence-electron chi connectivity index (χ0n) is 27.0. The van der Waals surface area contributed by atoms with Crippen molar-refractivity contribution >= 4 is 34.1 Å². The summed E-state index contributed by atoms with van der Waals surface area (Å²) in [4.78, 5) is 24.1. The van der Waals surface area contributed by atoms with Gasteiger partial charge in [0.25, 0.3) is 5.91 Å². The Hall–Kier alpha value is -4.87. The number of methoxy groups -OCH3 is 1. The maximum atomic E-state index is 14.6. The first kappa shape index (κ1) is 34.0. The van der Waals surface area contributed by atoms with E-state index in [-0.39, 0.29) is 24.8 Å². The number of alkyl halides is 3. The molecule has 0 spiro atoms. The maximum absolute atomic E-state index is 14.6. The van der Waals surface area contributed by atoms with Crippen LogP contribution in [0.2, 0.25) is 5.02 Å². The highest BCUT2D eigenvalue weighted by Crippen LogP contribution is 2.36. The van der Waals surface area contributed by atoms with E-state index in [1.54, 1.807) is 46.6 Å². The monoisotopic (exact) mass is 691 g/mol. The van der Waals surface area contributed by atoms with Crippen molar-refractivity contribution in [2.24, 2.45) is 0 Å². The molecule has 6 rings (SSSR count). The number of para-hydroxylation sites is 1. The number of aryl methyl sites for hydroxylation is 1. The predicted molar refractivity (Wildman–Crippen MR) is 182 cm³/mol. The fourth-order valence-electron chi connectivity index (χ4n) is 5.95. The van der Waals surface area contributed by atoms with Gasteiger partial charge in [-0.2, -0.15) is 13.2 Å². The normalized spacial score (nSPS) is 12.5. The van der Waals surface area contributed by atoms with E-state index in [1.165, 1.54) is 25.3 Å². The lowest BCUT2D eigenvalue weighted by Gasteiger charge is -2.25. The minimum absolute atomic E-state index is 0.0290. The van der Waals surface area contributed by atoms with Gasteiger partial charge in [-0.05, 0) is 85.5 Å². The van der Waals surface area contributed by atoms with Gasteiger partial charge in [0.1, 0.15) is 11.5 Å². The summed E-state index contributed by atoms with van der Waals surface area (Å²) in [6.07, 6.45) is -2.14. The van der Waals surface area contributed by atoms with Crippen molar-refractivity contribution in [1.29, 1.82) is 0 Å². The van der Waals surface area contributed by atoms with Crippen molar-refractivity contribution in [3.63, 3.8) is 0 Å². The van der Waals surface area contributed by atoms with E-state index in [0.717, 1.165) is 22.5 Å². The first-order valence-electron chi connectivity index (χ1n) is 15.7. The first-order chi connectivity index (χ1) is 23.4. The highest BCUT2D eigenvalue weighted by molar-refractivity contribution is 6.31. The lowest BCUT2D eigenvalue weighted by Crippen LogP contribution is -2.36. The summed E-state index contributed by atoms with van der Waals surface area (Å²) in [5.74, 6) is -0.438. The van der Waals surface area contributed by atoms with Crippen molar-refractivity contribution in [3.05, 3.63) is 124 Å². The summed E-state index contributed by atoms with van der Waals surface area (Å²) in [7, 11) is 1.50. The van der Waals surface area contributed by atoms with E-state index in [0.29, 0.717) is 46.9 Å². The second-order valence-corrected chi connectivity index (χ2v) is 12.4. The van der Waals surface area contributed by atoms with E-state index in [1.807, 2.05) is 37.4 Å². The number of pyridine rings is 1. The number of aromatic nitrogens is 3. The van der Waals surface area contributed by atoms with Crippen molar-refractivity contribution in [2.45, 2.75) is 45.6 Å². The molecular formula is C37H34ClF4N5O2. The lowest BCUT2D eigenvalue weighted by molar-refractivity contribution is -0.137. The van der Waals surface area contributed by atoms with Gasteiger partial charge in [-0.1, -0.05) is 41.9 Å². The Morgan fingerprint density at radius 2 is 1.88 bits per heavy atom. The van der Waals surface area contributed by atoms with Crippen molar-refractivity contribution in [1.82, 2.24) is 24.6 Å². The molecule has 3 aromatic heterocycles. The molecule has 0 aliphatic heterocycles. The Kier molecular flexibility index (Phi) is 9.67. The van der Waals surface area contributed by atoms with Crippen molar-refractivity contribution < 1.29 is 27.1 Å². The molecule has 0 fully saturated rings. The molecule has 7 nitrogen and oxygen atoms in total. The molecule has 49 heavy (non-hydrogen) atoms. The maximum Gasteiger partial charge on any atom is 0.417 e. The van der Waals surface area contributed by atoms with Crippen LogP contribution in [0, 0.1) is 12.7 Å². The summed E-state index contributed by atoms with van der Waals surface area (Å²) in [5, 5.41) is 4.18. The van der Waals surface area contributed by atoms with Crippen LogP contribution in [0.5, 0.6) is 5.88 Å². The van der Waals surface area contributed by atoms with Crippen LogP contribution in [0.25, 0.3) is 27.8 Å². The number of aromatic amines is 1. The first-order valence-corrected chi connectivity index (χ1v) is 16.1. The molecule has 6 aromatic rings. The average molecular weight is 692 g/mol. The summed E-state index contributed by atoms with van der Waals surface area (Å²) >= 11 is 6.08. The Labute approximate surface area is 285 Å². The third-order valence-electron chi connectivity index (χ3n) is 8.60. The third kappa shape index (κ3) is 7.13. The topological polar surface area (TPSA) is 74.7 Å². The van der Waals surface area contributed by atoms with Gasteiger partial charge < -0.3 is 19.9 Å². The van der Waals surface area contributed by atoms with Crippen molar-refractivity contribution in [2.75, 3.05) is 13.7 Å². The van der Waals surface area contributed by atoms with Gasteiger partial charge >= 0.3 is 6.18 Å². The second-order valence-electron chi connectivity index (χ2n) is 12.0. The number of benzene rings is 3. The summed E-state index contributed by atoms with van der Waals surface area (Å²) in [6.45, 7) is 4.44. The van der Waals surface area contributed by atoms with Crippen LogP contribution in [0.1, 0.15) is 46.1 Å². The Bertz CT molecular complexity index is 2140. The van der Waals surface area contributed by atoms with E-state index in [4.69, 9.17) is 21.3 Å². The summed E-state index contributed by atoms with van der Waals surface area (Å²) in [5.41, 5.74) is 3.47. The fourth-order valence-corrected chi connectivity index (χ4v) is 6.26. The van der Waals surface area contributed by atoms with Crippen LogP contribution in [-0.2, 0) is 19.3 Å². The van der Waals surface area contributed by atoms with E-state index < -0.39 is 28.5 Å². The molecule has 0 saturated carbocycles. The summed E-state index contributed by atoms with van der Waals surface area (Å²) in [6, 6.07) is 21.2. The molecule has 0 radical (unpaired) electrons. The fraction of sp³-hybridized carbons (Fsp3) is 0.243. The number of amides is 1. The zero-order valence-corrected chi connectivity index (χ0v) is 27.8. The number of carbonyl (C=O) groups excluding carboxylic acids is 1. The van der Waals surface area contributed by atoms with Gasteiger partial charge in [0.05, 0.1) is 23.4 Å². The Balaban J connectivity index is 1.34. The van der Waals surface area contributed by atoms with Gasteiger partial charge in [-0.3, -0.25) is 9.20 Å². The van der Waals surface area contributed by atoms with Crippen LogP contribution in [0.15, 0.2) is 85.1 Å². The predicted octanol–water partition coefficient (Wildman–Crippen LogP) is 8.82. The number of rotatable bonds is 11. The third-order valence-corrected chi connectivity index (χ3v) is 8.91. The number of halogens is 5. The lowest BCUT2D eigenvalue weighted by atomic mass is 10.1. The molecule has 1 unspecified atom stereocenters. The van der Waals surface area contributed by atoms with E-state index in [2.05, 4.69) is 10.3 Å². The molecule has 3 aromatic carbocycles. The number of hydrogen-bond donors (Lipinski definition) is 2. The van der Waals surface area contributed by atoms with E-state index in [9.17, 15) is 22.4 Å².